The number of H-pyrrole nitrogens is 1. The fourth-order valence-corrected chi connectivity index (χ4v) is 4.28. The van der Waals surface area contributed by atoms with Gasteiger partial charge in [-0.25, -0.2) is 9.97 Å². The van der Waals surface area contributed by atoms with Crippen LogP contribution in [-0.4, -0.2) is 68.1 Å². The number of aliphatic hydroxyl groups is 1. The molecule has 0 aliphatic carbocycles. The molecule has 8 heteroatoms. The third kappa shape index (κ3) is 4.85. The van der Waals surface area contributed by atoms with Crippen LogP contribution in [0.2, 0.25) is 0 Å². The zero-order chi connectivity index (χ0) is 22.0. The Hall–Kier alpha value is -3.00. The number of aryl methyl sites for hydroxylation is 3. The number of aromatic amines is 1. The number of aromatic nitrogens is 4. The van der Waals surface area contributed by atoms with E-state index < -0.39 is 5.60 Å². The van der Waals surface area contributed by atoms with Crippen LogP contribution >= 0.6 is 0 Å². The average Bonchev–Trinajstić information content (AvgIpc) is 3.14. The summed E-state index contributed by atoms with van der Waals surface area (Å²) in [4.78, 5) is 32.8. The van der Waals surface area contributed by atoms with Crippen molar-refractivity contribution in [1.82, 2.24) is 24.8 Å². The zero-order valence-electron chi connectivity index (χ0n) is 18.4. The molecule has 1 aromatic carbocycles. The fourth-order valence-electron chi connectivity index (χ4n) is 4.28. The number of benzene rings is 1. The van der Waals surface area contributed by atoms with Crippen LogP contribution in [0.15, 0.2) is 30.7 Å². The summed E-state index contributed by atoms with van der Waals surface area (Å²) in [6.45, 7) is 5.70. The lowest BCUT2D eigenvalue weighted by Crippen LogP contribution is -2.55. The van der Waals surface area contributed by atoms with E-state index in [1.807, 2.05) is 4.90 Å². The molecule has 2 N–H and O–H groups in total. The summed E-state index contributed by atoms with van der Waals surface area (Å²) in [6.07, 6.45) is 7.38. The molecule has 0 saturated carbocycles. The molecule has 31 heavy (non-hydrogen) atoms. The summed E-state index contributed by atoms with van der Waals surface area (Å²) < 4.78 is 0. The molecule has 4 rings (SSSR count). The second-order valence-corrected chi connectivity index (χ2v) is 8.70. The van der Waals surface area contributed by atoms with Gasteiger partial charge in [0, 0.05) is 45.4 Å². The van der Waals surface area contributed by atoms with Gasteiger partial charge >= 0.3 is 0 Å². The van der Waals surface area contributed by atoms with Gasteiger partial charge in [-0.15, -0.1) is 0 Å². The molecule has 1 atom stereocenters. The lowest BCUT2D eigenvalue weighted by molar-refractivity contribution is -0.133. The summed E-state index contributed by atoms with van der Waals surface area (Å²) in [5.41, 5.74) is 3.39. The van der Waals surface area contributed by atoms with Gasteiger partial charge in [-0.2, -0.15) is 0 Å². The van der Waals surface area contributed by atoms with Gasteiger partial charge in [0.2, 0.25) is 5.91 Å². The first-order valence-corrected chi connectivity index (χ1v) is 10.8. The summed E-state index contributed by atoms with van der Waals surface area (Å²) >= 11 is 0. The van der Waals surface area contributed by atoms with Gasteiger partial charge in [-0.1, -0.05) is 0 Å². The number of carbonyl (C=O) groups is 1. The average molecular weight is 423 g/mol. The topological polar surface area (TPSA) is 98.2 Å². The summed E-state index contributed by atoms with van der Waals surface area (Å²) in [6, 6.07) is 4.16. The van der Waals surface area contributed by atoms with Crippen LogP contribution < -0.4 is 4.90 Å². The minimum atomic E-state index is -0.964. The number of amides is 1. The molecule has 1 saturated heterocycles. The number of carbonyl (C=O) groups excluding carboxylic acids is 1. The van der Waals surface area contributed by atoms with Crippen molar-refractivity contribution >= 4 is 22.8 Å². The smallest absolute Gasteiger partial charge is 0.222 e. The van der Waals surface area contributed by atoms with Crippen molar-refractivity contribution in [2.75, 3.05) is 31.6 Å². The molecule has 0 bridgehead atoms. The Balaban J connectivity index is 1.34. The van der Waals surface area contributed by atoms with Gasteiger partial charge in [-0.05, 0) is 49.9 Å². The highest BCUT2D eigenvalue weighted by atomic mass is 16.3. The maximum atomic E-state index is 12.7. The number of anilines is 1. The summed E-state index contributed by atoms with van der Waals surface area (Å²) in [5.74, 6) is 1.56. The molecule has 1 aliphatic heterocycles. The maximum absolute atomic E-state index is 12.7. The first-order chi connectivity index (χ1) is 14.8. The number of piperidine rings is 1. The molecule has 1 aliphatic rings. The van der Waals surface area contributed by atoms with Crippen molar-refractivity contribution in [2.24, 2.45) is 0 Å². The van der Waals surface area contributed by atoms with Crippen LogP contribution in [0.3, 0.4) is 0 Å². The predicted octanol–water partition coefficient (Wildman–Crippen LogP) is 2.39. The van der Waals surface area contributed by atoms with E-state index in [4.69, 9.17) is 0 Å². The van der Waals surface area contributed by atoms with Gasteiger partial charge in [0.05, 0.1) is 29.4 Å². The lowest BCUT2D eigenvalue weighted by atomic mass is 9.92. The summed E-state index contributed by atoms with van der Waals surface area (Å²) in [5, 5.41) is 11.2. The first kappa shape index (κ1) is 21.2. The molecular weight excluding hydrogens is 392 g/mol. The Morgan fingerprint density at radius 3 is 2.87 bits per heavy atom. The number of nitrogens with zero attached hydrogens (tertiary/aromatic N) is 5. The van der Waals surface area contributed by atoms with E-state index in [1.54, 1.807) is 30.5 Å². The van der Waals surface area contributed by atoms with E-state index in [0.29, 0.717) is 32.4 Å². The molecular formula is C23H30N6O2. The molecule has 2 aromatic heterocycles. The van der Waals surface area contributed by atoms with E-state index in [0.717, 1.165) is 35.6 Å². The third-order valence-corrected chi connectivity index (χ3v) is 6.11. The predicted molar refractivity (Wildman–Crippen MR) is 120 cm³/mol. The third-order valence-electron chi connectivity index (χ3n) is 6.11. The molecule has 3 aromatic rings. The highest BCUT2D eigenvalue weighted by Gasteiger charge is 2.35. The highest BCUT2D eigenvalue weighted by Crippen LogP contribution is 2.25. The van der Waals surface area contributed by atoms with Crippen molar-refractivity contribution < 1.29 is 9.90 Å². The Morgan fingerprint density at radius 1 is 1.29 bits per heavy atom. The minimum Gasteiger partial charge on any atom is -0.386 e. The largest absolute Gasteiger partial charge is 0.386 e. The number of hydrogen-bond acceptors (Lipinski definition) is 6. The van der Waals surface area contributed by atoms with Crippen LogP contribution in [0.5, 0.6) is 0 Å². The number of β-amino-alcohol motifs (C(OH)–C–C–N with tert-alkyl or cyclic N) is 1. The van der Waals surface area contributed by atoms with E-state index in [9.17, 15) is 9.90 Å². The SMILES string of the molecule is Cc1cc2nc(CCC(=O)N(C)CC3(O)CCCN(c4cnccn4)C3)[nH]c2cc1C. The number of fused-ring (bicyclic) bond motifs is 1. The van der Waals surface area contributed by atoms with Crippen molar-refractivity contribution in [1.29, 1.82) is 0 Å². The molecule has 164 valence electrons. The fraction of sp³-hybridized carbons (Fsp3) is 0.478. The van der Waals surface area contributed by atoms with E-state index in [-0.39, 0.29) is 5.91 Å². The molecule has 0 spiro atoms. The number of imidazole rings is 1. The van der Waals surface area contributed by atoms with Crippen molar-refractivity contribution in [3.05, 3.63) is 47.7 Å². The monoisotopic (exact) mass is 422 g/mol. The molecule has 1 amide bonds. The Labute approximate surface area is 182 Å². The number of rotatable bonds is 6. The molecule has 1 unspecified atom stereocenters. The number of nitrogens with one attached hydrogen (secondary N) is 1. The minimum absolute atomic E-state index is 0.00197. The summed E-state index contributed by atoms with van der Waals surface area (Å²) in [7, 11) is 1.76. The van der Waals surface area contributed by atoms with Crippen molar-refractivity contribution in [2.45, 2.75) is 45.1 Å². The van der Waals surface area contributed by atoms with Gasteiger partial charge in [-0.3, -0.25) is 9.78 Å². The number of hydrogen-bond donors (Lipinski definition) is 2. The molecule has 3 heterocycles. The van der Waals surface area contributed by atoms with Gasteiger partial charge in [0.15, 0.2) is 0 Å². The second kappa shape index (κ2) is 8.63. The normalized spacial score (nSPS) is 19.0. The van der Waals surface area contributed by atoms with Crippen LogP contribution in [0.4, 0.5) is 5.82 Å². The molecule has 1 fully saturated rings. The van der Waals surface area contributed by atoms with E-state index >= 15 is 0 Å². The standard InChI is InChI=1S/C23H30N6O2/c1-16-11-18-19(12-17(16)2)27-20(26-18)5-6-22(30)28(3)14-23(31)7-4-10-29(15-23)21-13-24-8-9-25-21/h8-9,11-13,31H,4-7,10,14-15H2,1-3H3,(H,26,27). The second-order valence-electron chi connectivity index (χ2n) is 8.70. The quantitative estimate of drug-likeness (QED) is 0.633. The number of likely N-dealkylation sites (N-methyl/N-ethyl adjacent to an activating group) is 1. The Morgan fingerprint density at radius 2 is 2.10 bits per heavy atom. The zero-order valence-corrected chi connectivity index (χ0v) is 18.4. The first-order valence-electron chi connectivity index (χ1n) is 10.8. The van der Waals surface area contributed by atoms with E-state index in [2.05, 4.69) is 45.9 Å². The van der Waals surface area contributed by atoms with Crippen molar-refractivity contribution in [3.63, 3.8) is 0 Å². The lowest BCUT2D eigenvalue weighted by Gasteiger charge is -2.41. The highest BCUT2D eigenvalue weighted by molar-refractivity contribution is 5.78. The van der Waals surface area contributed by atoms with Gasteiger partial charge in [0.25, 0.3) is 0 Å². The van der Waals surface area contributed by atoms with Crippen LogP contribution in [0, 0.1) is 13.8 Å². The van der Waals surface area contributed by atoms with Gasteiger partial charge < -0.3 is 19.9 Å². The van der Waals surface area contributed by atoms with E-state index in [1.165, 1.54) is 11.1 Å². The maximum Gasteiger partial charge on any atom is 0.222 e. The van der Waals surface area contributed by atoms with Crippen LogP contribution in [0.1, 0.15) is 36.2 Å². The Bertz CT molecular complexity index is 1030. The van der Waals surface area contributed by atoms with Crippen molar-refractivity contribution in [3.8, 4) is 0 Å². The molecule has 0 radical (unpaired) electrons. The van der Waals surface area contributed by atoms with Crippen LogP contribution in [-0.2, 0) is 11.2 Å². The molecule has 8 nitrogen and oxygen atoms in total. The Kier molecular flexibility index (Phi) is 5.91. The van der Waals surface area contributed by atoms with Gasteiger partial charge in [0.1, 0.15) is 11.6 Å². The van der Waals surface area contributed by atoms with Crippen LogP contribution in [0.25, 0.3) is 11.0 Å².